The van der Waals surface area contributed by atoms with Crippen LogP contribution < -0.4 is 15.4 Å². The molecule has 5 nitrogen and oxygen atoms in total. The lowest BCUT2D eigenvalue weighted by Crippen LogP contribution is -2.18. The molecule has 1 heterocycles. The van der Waals surface area contributed by atoms with E-state index in [9.17, 15) is 0 Å². The van der Waals surface area contributed by atoms with Gasteiger partial charge in [0.05, 0.1) is 25.5 Å². The summed E-state index contributed by atoms with van der Waals surface area (Å²) in [7, 11) is 1.64. The normalized spacial score (nSPS) is 10.3. The highest BCUT2D eigenvalue weighted by Crippen LogP contribution is 2.16. The first-order chi connectivity index (χ1) is 12.1. The summed E-state index contributed by atoms with van der Waals surface area (Å²) in [4.78, 5) is 0. The summed E-state index contributed by atoms with van der Waals surface area (Å²) in [6.07, 6.45) is 3.63. The van der Waals surface area contributed by atoms with E-state index in [1.54, 1.807) is 13.3 Å². The van der Waals surface area contributed by atoms with E-state index in [-0.39, 0.29) is 0 Å². The SMILES string of the molecule is COc1ccc(NC(=S)Nc2cnn(Cc3ccc(Cl)cc3)c2)cc1. The Hall–Kier alpha value is -2.57. The molecule has 0 atom stereocenters. The van der Waals surface area contributed by atoms with E-state index in [1.807, 2.05) is 59.4 Å². The van der Waals surface area contributed by atoms with Crippen LogP contribution in [0, 0.1) is 0 Å². The molecular weight excluding hydrogens is 356 g/mol. The molecule has 3 aromatic rings. The van der Waals surface area contributed by atoms with Gasteiger partial charge in [0.1, 0.15) is 5.75 Å². The second kappa shape index (κ2) is 8.00. The Bertz CT molecular complexity index is 846. The van der Waals surface area contributed by atoms with Crippen LogP contribution in [0.2, 0.25) is 5.02 Å². The molecule has 0 spiro atoms. The molecule has 2 N–H and O–H groups in total. The summed E-state index contributed by atoms with van der Waals surface area (Å²) in [6, 6.07) is 15.2. The van der Waals surface area contributed by atoms with Crippen LogP contribution in [0.15, 0.2) is 60.9 Å². The Morgan fingerprint density at radius 3 is 2.44 bits per heavy atom. The second-order valence-corrected chi connectivity index (χ2v) is 6.21. The van der Waals surface area contributed by atoms with E-state index in [0.717, 1.165) is 27.7 Å². The van der Waals surface area contributed by atoms with Crippen molar-refractivity contribution in [2.45, 2.75) is 6.54 Å². The average molecular weight is 373 g/mol. The van der Waals surface area contributed by atoms with Gasteiger partial charge in [0.15, 0.2) is 5.11 Å². The van der Waals surface area contributed by atoms with Gasteiger partial charge in [-0.15, -0.1) is 0 Å². The van der Waals surface area contributed by atoms with Gasteiger partial charge in [0.2, 0.25) is 0 Å². The van der Waals surface area contributed by atoms with Gasteiger partial charge in [-0.25, -0.2) is 0 Å². The summed E-state index contributed by atoms with van der Waals surface area (Å²) in [6.45, 7) is 0.664. The van der Waals surface area contributed by atoms with Crippen LogP contribution in [0.1, 0.15) is 5.56 Å². The van der Waals surface area contributed by atoms with Gasteiger partial charge in [0, 0.05) is 16.9 Å². The van der Waals surface area contributed by atoms with Crippen molar-refractivity contribution in [3.63, 3.8) is 0 Å². The maximum atomic E-state index is 5.90. The summed E-state index contributed by atoms with van der Waals surface area (Å²) in [5.74, 6) is 0.799. The van der Waals surface area contributed by atoms with E-state index in [0.29, 0.717) is 11.7 Å². The predicted molar refractivity (Wildman–Crippen MR) is 106 cm³/mol. The quantitative estimate of drug-likeness (QED) is 0.650. The molecule has 0 saturated heterocycles. The van der Waals surface area contributed by atoms with Gasteiger partial charge in [-0.05, 0) is 54.2 Å². The van der Waals surface area contributed by atoms with Gasteiger partial charge in [-0.2, -0.15) is 5.10 Å². The Labute approximate surface area is 156 Å². The van der Waals surface area contributed by atoms with Gasteiger partial charge in [-0.3, -0.25) is 4.68 Å². The maximum Gasteiger partial charge on any atom is 0.175 e. The summed E-state index contributed by atoms with van der Waals surface area (Å²) in [5, 5.41) is 11.8. The number of methoxy groups -OCH3 is 1. The molecule has 0 amide bonds. The number of rotatable bonds is 5. The number of hydrogen-bond donors (Lipinski definition) is 2. The number of thiocarbonyl (C=S) groups is 1. The molecule has 0 aliphatic carbocycles. The number of hydrogen-bond acceptors (Lipinski definition) is 3. The van der Waals surface area contributed by atoms with Crippen molar-refractivity contribution < 1.29 is 4.74 Å². The lowest BCUT2D eigenvalue weighted by molar-refractivity contribution is 0.415. The largest absolute Gasteiger partial charge is 0.497 e. The molecule has 25 heavy (non-hydrogen) atoms. The Morgan fingerprint density at radius 1 is 1.08 bits per heavy atom. The van der Waals surface area contributed by atoms with Crippen molar-refractivity contribution in [1.82, 2.24) is 9.78 Å². The van der Waals surface area contributed by atoms with E-state index in [2.05, 4.69) is 15.7 Å². The van der Waals surface area contributed by atoms with Crippen LogP contribution in [0.25, 0.3) is 0 Å². The molecule has 0 fully saturated rings. The number of benzene rings is 2. The highest BCUT2D eigenvalue weighted by atomic mass is 35.5. The Kier molecular flexibility index (Phi) is 5.53. The van der Waals surface area contributed by atoms with Crippen LogP contribution in [-0.2, 0) is 6.54 Å². The minimum Gasteiger partial charge on any atom is -0.497 e. The summed E-state index contributed by atoms with van der Waals surface area (Å²) in [5.41, 5.74) is 2.82. The van der Waals surface area contributed by atoms with Crippen LogP contribution in [0.3, 0.4) is 0 Å². The van der Waals surface area contributed by atoms with Crippen molar-refractivity contribution in [3.05, 3.63) is 71.5 Å². The third-order valence-corrected chi connectivity index (χ3v) is 3.95. The molecule has 0 unspecified atom stereocenters. The number of ether oxygens (including phenoxy) is 1. The first-order valence-electron chi connectivity index (χ1n) is 7.61. The second-order valence-electron chi connectivity index (χ2n) is 5.36. The summed E-state index contributed by atoms with van der Waals surface area (Å²) >= 11 is 11.2. The molecule has 0 aliphatic heterocycles. The third kappa shape index (κ3) is 4.95. The highest BCUT2D eigenvalue weighted by Gasteiger charge is 2.03. The summed E-state index contributed by atoms with van der Waals surface area (Å²) < 4.78 is 6.97. The maximum absolute atomic E-state index is 5.90. The number of nitrogens with zero attached hydrogens (tertiary/aromatic N) is 2. The monoisotopic (exact) mass is 372 g/mol. The van der Waals surface area contributed by atoms with E-state index in [1.165, 1.54) is 0 Å². The molecule has 3 rings (SSSR count). The smallest absolute Gasteiger partial charge is 0.175 e. The van der Waals surface area contributed by atoms with Crippen molar-refractivity contribution in [2.24, 2.45) is 0 Å². The first kappa shape index (κ1) is 17.3. The zero-order valence-corrected chi connectivity index (χ0v) is 15.1. The van der Waals surface area contributed by atoms with Gasteiger partial charge < -0.3 is 15.4 Å². The fourth-order valence-corrected chi connectivity index (χ4v) is 2.62. The molecule has 0 radical (unpaired) electrons. The van der Waals surface area contributed by atoms with Crippen molar-refractivity contribution >= 4 is 40.3 Å². The molecule has 2 aromatic carbocycles. The lowest BCUT2D eigenvalue weighted by Gasteiger charge is -2.09. The van der Waals surface area contributed by atoms with Crippen LogP contribution in [-0.4, -0.2) is 22.0 Å². The van der Waals surface area contributed by atoms with Gasteiger partial charge in [0.25, 0.3) is 0 Å². The molecule has 128 valence electrons. The number of aromatic nitrogens is 2. The van der Waals surface area contributed by atoms with Crippen molar-refractivity contribution in [3.8, 4) is 5.75 Å². The predicted octanol–water partition coefficient (Wildman–Crippen LogP) is 4.40. The van der Waals surface area contributed by atoms with E-state index < -0.39 is 0 Å². The molecule has 0 bridgehead atoms. The standard InChI is InChI=1S/C18H17ClN4OS/c1-24-17-8-6-15(7-9-17)21-18(25)22-16-10-20-23(12-16)11-13-2-4-14(19)5-3-13/h2-10,12H,11H2,1H3,(H2,21,22,25). The molecule has 7 heteroatoms. The number of nitrogens with one attached hydrogen (secondary N) is 2. The van der Waals surface area contributed by atoms with E-state index in [4.69, 9.17) is 28.6 Å². The molecule has 1 aromatic heterocycles. The van der Waals surface area contributed by atoms with Gasteiger partial charge >= 0.3 is 0 Å². The number of anilines is 2. The topological polar surface area (TPSA) is 51.1 Å². The van der Waals surface area contributed by atoms with E-state index >= 15 is 0 Å². The average Bonchev–Trinajstić information content (AvgIpc) is 3.04. The highest BCUT2D eigenvalue weighted by molar-refractivity contribution is 7.80. The molecule has 0 aliphatic rings. The first-order valence-corrected chi connectivity index (χ1v) is 8.40. The fourth-order valence-electron chi connectivity index (χ4n) is 2.26. The fraction of sp³-hybridized carbons (Fsp3) is 0.111. The van der Waals surface area contributed by atoms with Gasteiger partial charge in [-0.1, -0.05) is 23.7 Å². The van der Waals surface area contributed by atoms with Crippen LogP contribution in [0.5, 0.6) is 5.75 Å². The minimum absolute atomic E-state index is 0.496. The Balaban J connectivity index is 1.56. The minimum atomic E-state index is 0.496. The van der Waals surface area contributed by atoms with Crippen molar-refractivity contribution in [1.29, 1.82) is 0 Å². The van der Waals surface area contributed by atoms with Crippen LogP contribution in [0.4, 0.5) is 11.4 Å². The van der Waals surface area contributed by atoms with Crippen molar-refractivity contribution in [2.75, 3.05) is 17.7 Å². The third-order valence-electron chi connectivity index (χ3n) is 3.50. The molecule has 0 saturated carbocycles. The number of halogens is 1. The Morgan fingerprint density at radius 2 is 1.76 bits per heavy atom. The lowest BCUT2D eigenvalue weighted by atomic mass is 10.2. The zero-order chi connectivity index (χ0) is 17.6. The zero-order valence-electron chi connectivity index (χ0n) is 13.6. The molecular formula is C18H17ClN4OS. The van der Waals surface area contributed by atoms with Crippen LogP contribution >= 0.6 is 23.8 Å².